The summed E-state index contributed by atoms with van der Waals surface area (Å²) in [4.78, 5) is 11.3. The highest BCUT2D eigenvalue weighted by Crippen LogP contribution is 2.33. The quantitative estimate of drug-likeness (QED) is 0.514. The third kappa shape index (κ3) is 3.56. The van der Waals surface area contributed by atoms with Crippen LogP contribution in [0.25, 0.3) is 0 Å². The molecule has 13 heavy (non-hydrogen) atoms. The molecule has 1 rings (SSSR count). The van der Waals surface area contributed by atoms with E-state index in [1.165, 1.54) is 7.11 Å². The number of carbonyl (C=O) groups is 1. The highest BCUT2D eigenvalue weighted by atomic mass is 32.2. The molecule has 0 aromatic rings. The molecule has 0 saturated heterocycles. The van der Waals surface area contributed by atoms with E-state index in [0.717, 1.165) is 25.1 Å². The highest BCUT2D eigenvalue weighted by Gasteiger charge is 2.36. The predicted molar refractivity (Wildman–Crippen MR) is 54.9 cm³/mol. The summed E-state index contributed by atoms with van der Waals surface area (Å²) in [5.74, 6) is 1.46. The second kappa shape index (κ2) is 5.50. The van der Waals surface area contributed by atoms with Gasteiger partial charge in [0.05, 0.1) is 7.11 Å². The molecule has 0 spiro atoms. The van der Waals surface area contributed by atoms with E-state index in [4.69, 9.17) is 4.74 Å². The smallest absolute Gasteiger partial charge is 0.323 e. The van der Waals surface area contributed by atoms with Crippen LogP contribution in [-0.2, 0) is 9.53 Å². The molecular weight excluding hydrogens is 186 g/mol. The topological polar surface area (TPSA) is 38.3 Å². The first-order valence-electron chi connectivity index (χ1n) is 4.59. The summed E-state index contributed by atoms with van der Waals surface area (Å²) in [6, 6.07) is -0.0582. The maximum absolute atomic E-state index is 11.3. The summed E-state index contributed by atoms with van der Waals surface area (Å²) in [6.45, 7) is 0.886. The van der Waals surface area contributed by atoms with Crippen molar-refractivity contribution >= 4 is 17.7 Å². The number of nitrogens with one attached hydrogen (secondary N) is 1. The van der Waals surface area contributed by atoms with Gasteiger partial charge >= 0.3 is 5.97 Å². The molecule has 1 saturated carbocycles. The van der Waals surface area contributed by atoms with E-state index in [-0.39, 0.29) is 12.0 Å². The van der Waals surface area contributed by atoms with Crippen LogP contribution in [0.1, 0.15) is 12.8 Å². The molecule has 1 aliphatic carbocycles. The maximum atomic E-state index is 11.3. The minimum absolute atomic E-state index is 0.0582. The van der Waals surface area contributed by atoms with Crippen molar-refractivity contribution in [2.24, 2.45) is 5.92 Å². The number of rotatable bonds is 6. The molecule has 1 N–H and O–H groups in total. The Morgan fingerprint density at radius 2 is 2.38 bits per heavy atom. The lowest BCUT2D eigenvalue weighted by atomic mass is 10.2. The molecule has 76 valence electrons. The van der Waals surface area contributed by atoms with Gasteiger partial charge in [0, 0.05) is 12.3 Å². The van der Waals surface area contributed by atoms with Gasteiger partial charge in [-0.15, -0.1) is 0 Å². The van der Waals surface area contributed by atoms with E-state index in [2.05, 4.69) is 11.6 Å². The fourth-order valence-corrected chi connectivity index (χ4v) is 1.64. The Bertz CT molecular complexity index is 171. The number of hydrogen-bond donors (Lipinski definition) is 1. The molecule has 0 amide bonds. The number of hydrogen-bond acceptors (Lipinski definition) is 4. The largest absolute Gasteiger partial charge is 0.468 e. The molecule has 0 aromatic carbocycles. The van der Waals surface area contributed by atoms with Crippen LogP contribution in [0.3, 0.4) is 0 Å². The van der Waals surface area contributed by atoms with Gasteiger partial charge in [0.1, 0.15) is 6.04 Å². The molecule has 1 fully saturated rings. The van der Waals surface area contributed by atoms with Crippen molar-refractivity contribution in [3.63, 3.8) is 0 Å². The Labute approximate surface area is 83.6 Å². The average Bonchev–Trinajstić information content (AvgIpc) is 2.95. The van der Waals surface area contributed by atoms with Crippen molar-refractivity contribution in [2.75, 3.05) is 25.7 Å². The van der Waals surface area contributed by atoms with Gasteiger partial charge in [-0.1, -0.05) is 0 Å². The highest BCUT2D eigenvalue weighted by molar-refractivity contribution is 7.98. The Morgan fingerprint density at radius 1 is 1.69 bits per heavy atom. The van der Waals surface area contributed by atoms with Crippen LogP contribution in [0.4, 0.5) is 0 Å². The summed E-state index contributed by atoms with van der Waals surface area (Å²) < 4.78 is 4.74. The molecule has 1 aliphatic rings. The Hall–Kier alpha value is -0.220. The number of thioether (sulfide) groups is 1. The molecule has 0 bridgehead atoms. The van der Waals surface area contributed by atoms with Gasteiger partial charge in [0.15, 0.2) is 0 Å². The van der Waals surface area contributed by atoms with Crippen LogP contribution in [0.2, 0.25) is 0 Å². The predicted octanol–water partition coefficient (Wildman–Crippen LogP) is 0.891. The molecule has 0 aromatic heterocycles. The summed E-state index contributed by atoms with van der Waals surface area (Å²) in [7, 11) is 1.45. The average molecular weight is 203 g/mol. The molecule has 3 nitrogen and oxygen atoms in total. The van der Waals surface area contributed by atoms with E-state index in [9.17, 15) is 4.79 Å². The van der Waals surface area contributed by atoms with E-state index >= 15 is 0 Å². The number of carbonyl (C=O) groups excluding carboxylic acids is 1. The number of methoxy groups -OCH3 is 1. The second-order valence-corrected chi connectivity index (χ2v) is 4.27. The normalized spacial score (nSPS) is 18.3. The van der Waals surface area contributed by atoms with Crippen LogP contribution in [0, 0.1) is 5.92 Å². The Kier molecular flexibility index (Phi) is 4.59. The fourth-order valence-electron chi connectivity index (χ4n) is 1.32. The summed E-state index contributed by atoms with van der Waals surface area (Å²) in [5.41, 5.74) is 0. The van der Waals surface area contributed by atoms with Gasteiger partial charge in [0.2, 0.25) is 0 Å². The van der Waals surface area contributed by atoms with Crippen LogP contribution in [-0.4, -0.2) is 37.7 Å². The van der Waals surface area contributed by atoms with Gasteiger partial charge in [0.25, 0.3) is 0 Å². The van der Waals surface area contributed by atoms with Crippen molar-refractivity contribution in [3.05, 3.63) is 0 Å². The third-order valence-corrected chi connectivity index (χ3v) is 2.83. The monoisotopic (exact) mass is 203 g/mol. The Balaban J connectivity index is 2.25. The van der Waals surface area contributed by atoms with Crippen molar-refractivity contribution in [1.82, 2.24) is 5.32 Å². The lowest BCUT2D eigenvalue weighted by molar-refractivity contribution is -0.143. The van der Waals surface area contributed by atoms with Crippen LogP contribution >= 0.6 is 11.8 Å². The van der Waals surface area contributed by atoms with E-state index in [0.29, 0.717) is 5.92 Å². The lowest BCUT2D eigenvalue weighted by Crippen LogP contribution is -2.40. The van der Waals surface area contributed by atoms with Gasteiger partial charge in [-0.3, -0.25) is 4.79 Å². The Morgan fingerprint density at radius 3 is 2.85 bits per heavy atom. The minimum atomic E-state index is -0.108. The first-order valence-corrected chi connectivity index (χ1v) is 5.99. The van der Waals surface area contributed by atoms with Crippen molar-refractivity contribution in [1.29, 1.82) is 0 Å². The van der Waals surface area contributed by atoms with E-state index < -0.39 is 0 Å². The number of esters is 1. The van der Waals surface area contributed by atoms with Gasteiger partial charge < -0.3 is 10.1 Å². The summed E-state index contributed by atoms with van der Waals surface area (Å²) in [6.07, 6.45) is 4.38. The van der Waals surface area contributed by atoms with Crippen molar-refractivity contribution in [3.8, 4) is 0 Å². The van der Waals surface area contributed by atoms with Crippen molar-refractivity contribution in [2.45, 2.75) is 18.9 Å². The first kappa shape index (κ1) is 10.9. The van der Waals surface area contributed by atoms with Crippen LogP contribution in [0.5, 0.6) is 0 Å². The van der Waals surface area contributed by atoms with Crippen LogP contribution in [0.15, 0.2) is 0 Å². The van der Waals surface area contributed by atoms with Crippen LogP contribution < -0.4 is 5.32 Å². The zero-order valence-electron chi connectivity index (χ0n) is 8.21. The third-order valence-electron chi connectivity index (χ3n) is 2.22. The molecule has 1 atom stereocenters. The van der Waals surface area contributed by atoms with E-state index in [1.54, 1.807) is 11.8 Å². The summed E-state index contributed by atoms with van der Waals surface area (Å²) >= 11 is 1.78. The van der Waals surface area contributed by atoms with Crippen molar-refractivity contribution < 1.29 is 9.53 Å². The zero-order valence-corrected chi connectivity index (χ0v) is 9.02. The molecule has 4 heteroatoms. The fraction of sp³-hybridized carbons (Fsp3) is 0.889. The summed E-state index contributed by atoms with van der Waals surface area (Å²) in [5, 5.41) is 3.24. The lowest BCUT2D eigenvalue weighted by Gasteiger charge is -2.14. The molecule has 0 heterocycles. The van der Waals surface area contributed by atoms with Gasteiger partial charge in [-0.2, -0.15) is 11.8 Å². The number of ether oxygens (including phenoxy) is 1. The second-order valence-electron chi connectivity index (χ2n) is 3.29. The standard InChI is InChI=1S/C9H17NO2S/c1-12-9(11)8(7-3-4-7)10-5-6-13-2/h7-8,10H,3-6H2,1-2H3. The molecule has 0 radical (unpaired) electrons. The molecule has 1 unspecified atom stereocenters. The maximum Gasteiger partial charge on any atom is 0.323 e. The van der Waals surface area contributed by atoms with Gasteiger partial charge in [-0.05, 0) is 25.0 Å². The molecular formula is C9H17NO2S. The molecule has 0 aliphatic heterocycles. The zero-order chi connectivity index (χ0) is 9.68. The minimum Gasteiger partial charge on any atom is -0.468 e. The first-order chi connectivity index (χ1) is 6.29. The van der Waals surface area contributed by atoms with E-state index in [1.807, 2.05) is 0 Å². The van der Waals surface area contributed by atoms with Gasteiger partial charge in [-0.25, -0.2) is 0 Å². The SMILES string of the molecule is COC(=O)C(NCCSC)C1CC1.